The van der Waals surface area contributed by atoms with Crippen molar-refractivity contribution in [3.8, 4) is 0 Å². The molecule has 0 bridgehead atoms. The lowest BCUT2D eigenvalue weighted by molar-refractivity contribution is 0.296. The van der Waals surface area contributed by atoms with Crippen LogP contribution in [0.1, 0.15) is 64.7 Å². The van der Waals surface area contributed by atoms with Crippen LogP contribution in [0.2, 0.25) is 0 Å². The lowest BCUT2D eigenvalue weighted by Gasteiger charge is -2.26. The van der Waals surface area contributed by atoms with E-state index >= 15 is 0 Å². The summed E-state index contributed by atoms with van der Waals surface area (Å²) in [4.78, 5) is 4.55. The van der Waals surface area contributed by atoms with E-state index in [1.807, 2.05) is 0 Å². The van der Waals surface area contributed by atoms with Gasteiger partial charge < -0.3 is 11.1 Å². The Morgan fingerprint density at radius 1 is 1.05 bits per heavy atom. The summed E-state index contributed by atoms with van der Waals surface area (Å²) in [6.45, 7) is 3.29. The van der Waals surface area contributed by atoms with Crippen LogP contribution < -0.4 is 11.1 Å². The zero-order valence-electron chi connectivity index (χ0n) is 12.2. The van der Waals surface area contributed by atoms with E-state index in [-0.39, 0.29) is 24.0 Å². The van der Waals surface area contributed by atoms with Crippen molar-refractivity contribution in [2.24, 2.45) is 22.6 Å². The molecule has 0 spiro atoms. The lowest BCUT2D eigenvalue weighted by atomic mass is 9.83. The van der Waals surface area contributed by atoms with Gasteiger partial charge in [-0.1, -0.05) is 39.0 Å². The Balaban J connectivity index is 0.00000180. The highest BCUT2D eigenvalue weighted by molar-refractivity contribution is 14.0. The maximum Gasteiger partial charge on any atom is 0.188 e. The number of guanidine groups is 1. The van der Waals surface area contributed by atoms with Crippen LogP contribution in [0.15, 0.2) is 4.99 Å². The van der Waals surface area contributed by atoms with Gasteiger partial charge in [-0.05, 0) is 37.5 Å². The minimum absolute atomic E-state index is 0. The SMILES string of the molecule is CC1CCC(CN=C(N)NC2CCCCC2)CC1.I. The van der Waals surface area contributed by atoms with E-state index in [0.717, 1.165) is 18.4 Å². The van der Waals surface area contributed by atoms with E-state index < -0.39 is 0 Å². The van der Waals surface area contributed by atoms with Crippen LogP contribution in [0.25, 0.3) is 0 Å². The van der Waals surface area contributed by atoms with Crippen LogP contribution in [0, 0.1) is 11.8 Å². The van der Waals surface area contributed by atoms with E-state index in [4.69, 9.17) is 5.73 Å². The molecule has 0 saturated heterocycles. The van der Waals surface area contributed by atoms with Crippen molar-refractivity contribution in [3.63, 3.8) is 0 Å². The fraction of sp³-hybridized carbons (Fsp3) is 0.933. The maximum absolute atomic E-state index is 5.99. The summed E-state index contributed by atoms with van der Waals surface area (Å²) in [7, 11) is 0. The Labute approximate surface area is 135 Å². The number of hydrogen-bond acceptors (Lipinski definition) is 1. The predicted octanol–water partition coefficient (Wildman–Crippen LogP) is 3.67. The second kappa shape index (κ2) is 9.03. The van der Waals surface area contributed by atoms with Crippen LogP contribution in [0.4, 0.5) is 0 Å². The molecule has 3 nitrogen and oxygen atoms in total. The van der Waals surface area contributed by atoms with Crippen LogP contribution in [0.5, 0.6) is 0 Å². The molecule has 2 saturated carbocycles. The van der Waals surface area contributed by atoms with Gasteiger partial charge in [0.15, 0.2) is 5.96 Å². The molecule has 112 valence electrons. The molecule has 0 aromatic rings. The van der Waals surface area contributed by atoms with Crippen molar-refractivity contribution in [3.05, 3.63) is 0 Å². The molecule has 0 aromatic carbocycles. The quantitative estimate of drug-likeness (QED) is 0.447. The minimum Gasteiger partial charge on any atom is -0.370 e. The molecular formula is C15H30IN3. The highest BCUT2D eigenvalue weighted by Gasteiger charge is 2.18. The first-order chi connectivity index (χ1) is 8.74. The number of nitrogens with zero attached hydrogens (tertiary/aromatic N) is 1. The van der Waals surface area contributed by atoms with Gasteiger partial charge in [0.05, 0.1) is 0 Å². The average molecular weight is 379 g/mol. The summed E-state index contributed by atoms with van der Waals surface area (Å²) >= 11 is 0. The predicted molar refractivity (Wildman–Crippen MR) is 93.0 cm³/mol. The van der Waals surface area contributed by atoms with Crippen molar-refractivity contribution < 1.29 is 0 Å². The van der Waals surface area contributed by atoms with Gasteiger partial charge in [0.1, 0.15) is 0 Å². The molecule has 2 aliphatic carbocycles. The standard InChI is InChI=1S/C15H29N3.HI/c1-12-7-9-13(10-8-12)11-17-15(16)18-14-5-3-2-4-6-14;/h12-14H,2-11H2,1H3,(H3,16,17,18);1H. The molecule has 0 atom stereocenters. The molecule has 2 rings (SSSR count). The molecular weight excluding hydrogens is 349 g/mol. The molecule has 3 N–H and O–H groups in total. The number of rotatable bonds is 3. The monoisotopic (exact) mass is 379 g/mol. The first-order valence-electron chi connectivity index (χ1n) is 7.80. The number of nitrogens with one attached hydrogen (secondary N) is 1. The topological polar surface area (TPSA) is 50.4 Å². The number of halogens is 1. The fourth-order valence-corrected chi connectivity index (χ4v) is 3.24. The molecule has 2 aliphatic rings. The van der Waals surface area contributed by atoms with Gasteiger partial charge in [-0.25, -0.2) is 0 Å². The third-order valence-electron chi connectivity index (χ3n) is 4.61. The zero-order valence-corrected chi connectivity index (χ0v) is 14.6. The first-order valence-corrected chi connectivity index (χ1v) is 7.80. The van der Waals surface area contributed by atoms with Crippen LogP contribution in [-0.2, 0) is 0 Å². The largest absolute Gasteiger partial charge is 0.370 e. The Morgan fingerprint density at radius 2 is 1.68 bits per heavy atom. The Hall–Kier alpha value is 0. The number of aliphatic imine (C=N–C) groups is 1. The molecule has 19 heavy (non-hydrogen) atoms. The van der Waals surface area contributed by atoms with Crippen LogP contribution >= 0.6 is 24.0 Å². The third kappa shape index (κ3) is 6.32. The van der Waals surface area contributed by atoms with E-state index in [2.05, 4.69) is 17.2 Å². The summed E-state index contributed by atoms with van der Waals surface area (Å²) in [5.41, 5.74) is 5.99. The van der Waals surface area contributed by atoms with E-state index in [1.165, 1.54) is 57.8 Å². The molecule has 0 radical (unpaired) electrons. The van der Waals surface area contributed by atoms with Crippen molar-refractivity contribution >= 4 is 29.9 Å². The second-order valence-corrected chi connectivity index (χ2v) is 6.33. The smallest absolute Gasteiger partial charge is 0.188 e. The van der Waals surface area contributed by atoms with Gasteiger partial charge in [0.2, 0.25) is 0 Å². The highest BCUT2D eigenvalue weighted by atomic mass is 127. The zero-order chi connectivity index (χ0) is 12.8. The van der Waals surface area contributed by atoms with Crippen molar-refractivity contribution in [1.82, 2.24) is 5.32 Å². The number of nitrogens with two attached hydrogens (primary N) is 1. The summed E-state index contributed by atoms with van der Waals surface area (Å²) in [5.74, 6) is 2.37. The van der Waals surface area contributed by atoms with Gasteiger partial charge in [-0.2, -0.15) is 0 Å². The Kier molecular flexibility index (Phi) is 8.11. The van der Waals surface area contributed by atoms with Gasteiger partial charge in [0.25, 0.3) is 0 Å². The Morgan fingerprint density at radius 3 is 2.32 bits per heavy atom. The molecule has 2 fully saturated rings. The lowest BCUT2D eigenvalue weighted by Crippen LogP contribution is -2.41. The van der Waals surface area contributed by atoms with Crippen molar-refractivity contribution in [1.29, 1.82) is 0 Å². The highest BCUT2D eigenvalue weighted by Crippen LogP contribution is 2.28. The van der Waals surface area contributed by atoms with Gasteiger partial charge in [-0.3, -0.25) is 4.99 Å². The molecule has 0 heterocycles. The summed E-state index contributed by atoms with van der Waals surface area (Å²) < 4.78 is 0. The normalized spacial score (nSPS) is 29.6. The summed E-state index contributed by atoms with van der Waals surface area (Å²) in [6.07, 6.45) is 12.0. The average Bonchev–Trinajstić information content (AvgIpc) is 2.39. The fourth-order valence-electron chi connectivity index (χ4n) is 3.24. The Bertz CT molecular complexity index is 267. The van der Waals surface area contributed by atoms with Gasteiger partial charge >= 0.3 is 0 Å². The molecule has 0 amide bonds. The van der Waals surface area contributed by atoms with E-state index in [1.54, 1.807) is 0 Å². The van der Waals surface area contributed by atoms with Gasteiger partial charge in [-0.15, -0.1) is 24.0 Å². The molecule has 0 aliphatic heterocycles. The molecule has 0 aromatic heterocycles. The summed E-state index contributed by atoms with van der Waals surface area (Å²) in [5, 5.41) is 3.39. The molecule has 0 unspecified atom stereocenters. The van der Waals surface area contributed by atoms with Crippen LogP contribution in [-0.4, -0.2) is 18.5 Å². The van der Waals surface area contributed by atoms with E-state index in [0.29, 0.717) is 12.0 Å². The van der Waals surface area contributed by atoms with Gasteiger partial charge in [0, 0.05) is 12.6 Å². The van der Waals surface area contributed by atoms with Crippen LogP contribution in [0.3, 0.4) is 0 Å². The third-order valence-corrected chi connectivity index (χ3v) is 4.61. The van der Waals surface area contributed by atoms with Crippen molar-refractivity contribution in [2.75, 3.05) is 6.54 Å². The number of hydrogen-bond donors (Lipinski definition) is 2. The van der Waals surface area contributed by atoms with Crippen molar-refractivity contribution in [2.45, 2.75) is 70.8 Å². The first kappa shape index (κ1) is 17.1. The summed E-state index contributed by atoms with van der Waals surface area (Å²) in [6, 6.07) is 0.578. The molecule has 4 heteroatoms. The second-order valence-electron chi connectivity index (χ2n) is 6.33. The maximum atomic E-state index is 5.99. The minimum atomic E-state index is 0. The van der Waals surface area contributed by atoms with E-state index in [9.17, 15) is 0 Å².